The fourth-order valence-electron chi connectivity index (χ4n) is 4.94. The maximum atomic E-state index is 12.7. The zero-order chi connectivity index (χ0) is 20.1. The molecule has 1 aromatic rings. The van der Waals surface area contributed by atoms with Gasteiger partial charge in [0.05, 0.1) is 13.2 Å². The first kappa shape index (κ1) is 20.4. The number of likely N-dealkylation sites (tertiary alicyclic amines) is 2. The fraction of sp³-hybridized carbons (Fsp3) is 0.652. The van der Waals surface area contributed by atoms with Crippen LogP contribution in [-0.4, -0.2) is 73.6 Å². The van der Waals surface area contributed by atoms with E-state index in [-0.39, 0.29) is 23.3 Å². The second kappa shape index (κ2) is 9.26. The van der Waals surface area contributed by atoms with Crippen molar-refractivity contribution in [3.05, 3.63) is 35.9 Å². The highest BCUT2D eigenvalue weighted by molar-refractivity contribution is 5.78. The average Bonchev–Trinajstić information content (AvgIpc) is 2.76. The molecule has 158 valence electrons. The largest absolute Gasteiger partial charge is 0.378 e. The molecule has 1 aromatic carbocycles. The Hall–Kier alpha value is -1.92. The van der Waals surface area contributed by atoms with Gasteiger partial charge in [-0.2, -0.15) is 0 Å². The molecule has 3 fully saturated rings. The maximum Gasteiger partial charge on any atom is 0.224 e. The third kappa shape index (κ3) is 5.17. The van der Waals surface area contributed by atoms with E-state index >= 15 is 0 Å². The van der Waals surface area contributed by atoms with Crippen LogP contribution in [0.15, 0.2) is 30.3 Å². The first-order valence-electron chi connectivity index (χ1n) is 11.0. The molecule has 29 heavy (non-hydrogen) atoms. The van der Waals surface area contributed by atoms with Crippen molar-refractivity contribution in [3.8, 4) is 0 Å². The molecule has 1 atom stereocenters. The first-order valence-corrected chi connectivity index (χ1v) is 11.0. The molecule has 1 N–H and O–H groups in total. The molecule has 0 aromatic heterocycles. The molecule has 0 saturated carbocycles. The number of piperidine rings is 2. The molecule has 2 amide bonds. The smallest absolute Gasteiger partial charge is 0.224 e. The van der Waals surface area contributed by atoms with Gasteiger partial charge >= 0.3 is 0 Å². The van der Waals surface area contributed by atoms with E-state index < -0.39 is 0 Å². The highest BCUT2D eigenvalue weighted by Gasteiger charge is 2.41. The van der Waals surface area contributed by atoms with E-state index in [1.807, 2.05) is 11.0 Å². The lowest BCUT2D eigenvalue weighted by molar-refractivity contribution is -0.142. The number of rotatable bonds is 5. The Morgan fingerprint density at radius 1 is 1.17 bits per heavy atom. The topological polar surface area (TPSA) is 61.9 Å². The third-order valence-electron chi connectivity index (χ3n) is 6.86. The maximum absolute atomic E-state index is 12.7. The SMILES string of the molecule is O=C(CC1COCCN1)N1CCC2(CCC(=O)N(CCc3ccccc3)C2)CC1. The van der Waals surface area contributed by atoms with Crippen molar-refractivity contribution in [3.63, 3.8) is 0 Å². The van der Waals surface area contributed by atoms with Crippen LogP contribution in [0.3, 0.4) is 0 Å². The molecule has 3 aliphatic heterocycles. The molecule has 1 spiro atoms. The number of amides is 2. The summed E-state index contributed by atoms with van der Waals surface area (Å²) in [6.45, 7) is 5.45. The zero-order valence-electron chi connectivity index (χ0n) is 17.3. The zero-order valence-corrected chi connectivity index (χ0v) is 17.3. The van der Waals surface area contributed by atoms with Crippen LogP contribution in [0.25, 0.3) is 0 Å². The Labute approximate surface area is 173 Å². The number of morpholine rings is 1. The van der Waals surface area contributed by atoms with E-state index in [1.54, 1.807) is 0 Å². The first-order chi connectivity index (χ1) is 14.1. The molecule has 0 aliphatic carbocycles. The van der Waals surface area contributed by atoms with Gasteiger partial charge in [-0.15, -0.1) is 0 Å². The summed E-state index contributed by atoms with van der Waals surface area (Å²) in [5, 5.41) is 3.37. The summed E-state index contributed by atoms with van der Waals surface area (Å²) < 4.78 is 5.47. The van der Waals surface area contributed by atoms with Gasteiger partial charge in [-0.25, -0.2) is 0 Å². The summed E-state index contributed by atoms with van der Waals surface area (Å²) in [7, 11) is 0. The lowest BCUT2D eigenvalue weighted by Crippen LogP contribution is -2.53. The number of carbonyl (C=O) groups is 2. The Kier molecular flexibility index (Phi) is 6.50. The van der Waals surface area contributed by atoms with E-state index in [4.69, 9.17) is 4.74 Å². The van der Waals surface area contributed by atoms with Crippen LogP contribution in [0.2, 0.25) is 0 Å². The quantitative estimate of drug-likeness (QED) is 0.821. The van der Waals surface area contributed by atoms with Crippen LogP contribution < -0.4 is 5.32 Å². The molecule has 6 heteroatoms. The summed E-state index contributed by atoms with van der Waals surface area (Å²) in [5.41, 5.74) is 1.47. The Bertz CT molecular complexity index is 695. The average molecular weight is 400 g/mol. The van der Waals surface area contributed by atoms with Crippen LogP contribution >= 0.6 is 0 Å². The van der Waals surface area contributed by atoms with Crippen molar-refractivity contribution in [2.45, 2.75) is 44.6 Å². The van der Waals surface area contributed by atoms with E-state index in [2.05, 4.69) is 34.5 Å². The van der Waals surface area contributed by atoms with Crippen LogP contribution in [0.5, 0.6) is 0 Å². The predicted octanol–water partition coefficient (Wildman–Crippen LogP) is 1.84. The number of carbonyl (C=O) groups excluding carboxylic acids is 2. The monoisotopic (exact) mass is 399 g/mol. The standard InChI is InChI=1S/C23H33N3O3/c27-21-6-8-23(18-26(21)12-7-19-4-2-1-3-5-19)9-13-25(14-10-23)22(28)16-20-17-29-15-11-24-20/h1-5,20,24H,6-18H2. The highest BCUT2D eigenvalue weighted by Crippen LogP contribution is 2.40. The fourth-order valence-corrected chi connectivity index (χ4v) is 4.94. The molecule has 1 unspecified atom stereocenters. The molecule has 3 heterocycles. The third-order valence-corrected chi connectivity index (χ3v) is 6.86. The van der Waals surface area contributed by atoms with Gasteiger partial charge in [0, 0.05) is 51.6 Å². The van der Waals surface area contributed by atoms with Crippen LogP contribution in [-0.2, 0) is 20.7 Å². The van der Waals surface area contributed by atoms with Gasteiger partial charge in [-0.3, -0.25) is 9.59 Å². The number of nitrogens with zero attached hydrogens (tertiary/aromatic N) is 2. The molecule has 4 rings (SSSR count). The molecule has 3 saturated heterocycles. The molecule has 0 radical (unpaired) electrons. The number of ether oxygens (including phenoxy) is 1. The minimum Gasteiger partial charge on any atom is -0.378 e. The van der Waals surface area contributed by atoms with Gasteiger partial charge in [0.2, 0.25) is 11.8 Å². The summed E-state index contributed by atoms with van der Waals surface area (Å²) in [5.74, 6) is 0.518. The summed E-state index contributed by atoms with van der Waals surface area (Å²) >= 11 is 0. The second-order valence-electron chi connectivity index (χ2n) is 8.86. The van der Waals surface area contributed by atoms with Crippen LogP contribution in [0, 0.1) is 5.41 Å². The lowest BCUT2D eigenvalue weighted by Gasteiger charge is -2.47. The van der Waals surface area contributed by atoms with Crippen LogP contribution in [0.4, 0.5) is 0 Å². The minimum absolute atomic E-state index is 0.146. The van der Waals surface area contributed by atoms with E-state index in [1.165, 1.54) is 5.56 Å². The minimum atomic E-state index is 0.146. The van der Waals surface area contributed by atoms with Gasteiger partial charge < -0.3 is 19.9 Å². The molecule has 6 nitrogen and oxygen atoms in total. The Balaban J connectivity index is 1.27. The number of hydrogen-bond acceptors (Lipinski definition) is 4. The van der Waals surface area contributed by atoms with Crippen molar-refractivity contribution in [1.82, 2.24) is 15.1 Å². The summed E-state index contributed by atoms with van der Waals surface area (Å²) in [4.78, 5) is 29.2. The van der Waals surface area contributed by atoms with Gasteiger partial charge in [-0.05, 0) is 36.7 Å². The van der Waals surface area contributed by atoms with Gasteiger partial charge in [-0.1, -0.05) is 30.3 Å². The number of nitrogens with one attached hydrogen (secondary N) is 1. The number of benzene rings is 1. The lowest BCUT2D eigenvalue weighted by atomic mass is 9.72. The highest BCUT2D eigenvalue weighted by atomic mass is 16.5. The van der Waals surface area contributed by atoms with Crippen molar-refractivity contribution < 1.29 is 14.3 Å². The Morgan fingerprint density at radius 3 is 2.69 bits per heavy atom. The number of hydrogen-bond donors (Lipinski definition) is 1. The van der Waals surface area contributed by atoms with E-state index in [0.29, 0.717) is 19.4 Å². The van der Waals surface area contributed by atoms with Crippen molar-refractivity contribution >= 4 is 11.8 Å². The van der Waals surface area contributed by atoms with Crippen molar-refractivity contribution in [2.75, 3.05) is 45.9 Å². The van der Waals surface area contributed by atoms with E-state index in [9.17, 15) is 9.59 Å². The molecular weight excluding hydrogens is 366 g/mol. The van der Waals surface area contributed by atoms with Gasteiger partial charge in [0.1, 0.15) is 0 Å². The van der Waals surface area contributed by atoms with E-state index in [0.717, 1.165) is 65.0 Å². The molecule has 0 bridgehead atoms. The molecule has 3 aliphatic rings. The second-order valence-corrected chi connectivity index (χ2v) is 8.86. The van der Waals surface area contributed by atoms with Crippen molar-refractivity contribution in [2.24, 2.45) is 5.41 Å². The normalized spacial score (nSPS) is 24.7. The van der Waals surface area contributed by atoms with Gasteiger partial charge in [0.15, 0.2) is 0 Å². The molecular formula is C23H33N3O3. The van der Waals surface area contributed by atoms with Crippen LogP contribution in [0.1, 0.15) is 37.7 Å². The van der Waals surface area contributed by atoms with Gasteiger partial charge in [0.25, 0.3) is 0 Å². The van der Waals surface area contributed by atoms with Crippen molar-refractivity contribution in [1.29, 1.82) is 0 Å². The predicted molar refractivity (Wildman–Crippen MR) is 111 cm³/mol. The Morgan fingerprint density at radius 2 is 1.97 bits per heavy atom. The summed E-state index contributed by atoms with van der Waals surface area (Å²) in [6.07, 6.45) is 5.04. The summed E-state index contributed by atoms with van der Waals surface area (Å²) in [6, 6.07) is 10.5.